The van der Waals surface area contributed by atoms with Gasteiger partial charge in [-0.2, -0.15) is 0 Å². The van der Waals surface area contributed by atoms with Gasteiger partial charge in [0.1, 0.15) is 0 Å². The monoisotopic (exact) mass is 235 g/mol. The fraction of sp³-hybridized carbons (Fsp3) is 0.182. The van der Waals surface area contributed by atoms with Crippen molar-refractivity contribution in [2.45, 2.75) is 6.42 Å². The molecule has 0 aliphatic carbocycles. The van der Waals surface area contributed by atoms with Gasteiger partial charge in [-0.05, 0) is 12.1 Å². The molecular formula is C11H9NO5. The largest absolute Gasteiger partial charge is 0.481 e. The van der Waals surface area contributed by atoms with Crippen LogP contribution in [0, 0.1) is 0 Å². The normalized spacial score (nSPS) is 14.0. The SMILES string of the molecule is O=C(O)CCON1C(=O)c2ccccc2C1=O. The Kier molecular flexibility index (Phi) is 2.88. The molecule has 2 amide bonds. The molecule has 1 aromatic carbocycles. The molecule has 0 bridgehead atoms. The summed E-state index contributed by atoms with van der Waals surface area (Å²) < 4.78 is 0. The third-order valence-corrected chi connectivity index (χ3v) is 2.29. The highest BCUT2D eigenvalue weighted by Crippen LogP contribution is 2.22. The molecule has 1 aromatic rings. The lowest BCUT2D eigenvalue weighted by Crippen LogP contribution is -2.30. The maximum Gasteiger partial charge on any atom is 0.305 e. The highest BCUT2D eigenvalue weighted by Gasteiger charge is 2.36. The van der Waals surface area contributed by atoms with E-state index in [4.69, 9.17) is 9.94 Å². The molecule has 0 radical (unpaired) electrons. The van der Waals surface area contributed by atoms with Gasteiger partial charge in [0.15, 0.2) is 0 Å². The number of hydrogen-bond donors (Lipinski definition) is 1. The summed E-state index contributed by atoms with van der Waals surface area (Å²) in [7, 11) is 0. The second-order valence-corrected chi connectivity index (χ2v) is 3.43. The second-order valence-electron chi connectivity index (χ2n) is 3.43. The first-order valence-electron chi connectivity index (χ1n) is 4.94. The molecule has 0 unspecified atom stereocenters. The number of benzene rings is 1. The molecule has 6 heteroatoms. The summed E-state index contributed by atoms with van der Waals surface area (Å²) in [5.74, 6) is -2.17. The van der Waals surface area contributed by atoms with Gasteiger partial charge in [-0.25, -0.2) is 0 Å². The van der Waals surface area contributed by atoms with Gasteiger partial charge < -0.3 is 5.11 Å². The molecule has 88 valence electrons. The molecule has 17 heavy (non-hydrogen) atoms. The van der Waals surface area contributed by atoms with Crippen LogP contribution in [0.3, 0.4) is 0 Å². The van der Waals surface area contributed by atoms with Crippen molar-refractivity contribution in [3.63, 3.8) is 0 Å². The van der Waals surface area contributed by atoms with E-state index in [0.717, 1.165) is 0 Å². The van der Waals surface area contributed by atoms with Crippen LogP contribution in [0.25, 0.3) is 0 Å². The highest BCUT2D eigenvalue weighted by atomic mass is 16.7. The molecular weight excluding hydrogens is 226 g/mol. The standard InChI is InChI=1S/C11H9NO5/c13-9(14)5-6-17-12-10(15)7-3-1-2-4-8(7)11(12)16/h1-4H,5-6H2,(H,13,14). The van der Waals surface area contributed by atoms with Crippen LogP contribution >= 0.6 is 0 Å². The smallest absolute Gasteiger partial charge is 0.305 e. The van der Waals surface area contributed by atoms with Crippen LogP contribution < -0.4 is 0 Å². The minimum absolute atomic E-state index is 0.221. The van der Waals surface area contributed by atoms with E-state index in [1.165, 1.54) is 12.1 Å². The molecule has 0 aromatic heterocycles. The number of imide groups is 1. The Labute approximate surface area is 96.4 Å². The van der Waals surface area contributed by atoms with Gasteiger partial charge >= 0.3 is 5.97 Å². The van der Waals surface area contributed by atoms with E-state index in [-0.39, 0.29) is 24.2 Å². The number of fused-ring (bicyclic) bond motifs is 1. The van der Waals surface area contributed by atoms with E-state index in [1.807, 2.05) is 0 Å². The zero-order valence-electron chi connectivity index (χ0n) is 8.75. The van der Waals surface area contributed by atoms with Crippen molar-refractivity contribution in [1.82, 2.24) is 5.06 Å². The minimum Gasteiger partial charge on any atom is -0.481 e. The molecule has 0 saturated carbocycles. The van der Waals surface area contributed by atoms with Crippen LogP contribution in [0.4, 0.5) is 0 Å². The molecule has 2 rings (SSSR count). The van der Waals surface area contributed by atoms with Crippen LogP contribution in [0.15, 0.2) is 24.3 Å². The molecule has 1 N–H and O–H groups in total. The first-order valence-corrected chi connectivity index (χ1v) is 4.94. The van der Waals surface area contributed by atoms with Gasteiger partial charge in [0.05, 0.1) is 24.2 Å². The average molecular weight is 235 g/mol. The quantitative estimate of drug-likeness (QED) is 0.776. The van der Waals surface area contributed by atoms with Crippen LogP contribution in [0.5, 0.6) is 0 Å². The lowest BCUT2D eigenvalue weighted by molar-refractivity contribution is -0.142. The Morgan fingerprint density at radius 3 is 2.18 bits per heavy atom. The maximum absolute atomic E-state index is 11.7. The predicted octanol–water partition coefficient (Wildman–Crippen LogP) is 0.689. The lowest BCUT2D eigenvalue weighted by atomic mass is 10.1. The van der Waals surface area contributed by atoms with E-state index in [0.29, 0.717) is 5.06 Å². The van der Waals surface area contributed by atoms with E-state index >= 15 is 0 Å². The summed E-state index contributed by atoms with van der Waals surface area (Å²) in [6.07, 6.45) is -0.270. The highest BCUT2D eigenvalue weighted by molar-refractivity contribution is 6.20. The summed E-state index contributed by atoms with van der Waals surface area (Å²) in [6, 6.07) is 6.34. The first-order chi connectivity index (χ1) is 8.11. The van der Waals surface area contributed by atoms with Crippen molar-refractivity contribution in [2.75, 3.05) is 6.61 Å². The molecule has 1 heterocycles. The van der Waals surface area contributed by atoms with Crippen molar-refractivity contribution in [3.05, 3.63) is 35.4 Å². The molecule has 0 saturated heterocycles. The number of carboxylic acid groups (broad SMARTS) is 1. The number of carbonyl (C=O) groups excluding carboxylic acids is 2. The molecule has 0 fully saturated rings. The van der Waals surface area contributed by atoms with Crippen molar-refractivity contribution in [2.24, 2.45) is 0 Å². The van der Waals surface area contributed by atoms with E-state index < -0.39 is 17.8 Å². The molecule has 0 atom stereocenters. The Bertz CT molecular complexity index is 461. The summed E-state index contributed by atoms with van der Waals surface area (Å²) in [4.78, 5) is 38.6. The topological polar surface area (TPSA) is 83.9 Å². The van der Waals surface area contributed by atoms with Gasteiger partial charge in [-0.3, -0.25) is 19.2 Å². The summed E-state index contributed by atoms with van der Waals surface area (Å²) in [6.45, 7) is -0.221. The third-order valence-electron chi connectivity index (χ3n) is 2.29. The van der Waals surface area contributed by atoms with Crippen LogP contribution in [0.2, 0.25) is 0 Å². The number of amides is 2. The van der Waals surface area contributed by atoms with Crippen molar-refractivity contribution in [1.29, 1.82) is 0 Å². The van der Waals surface area contributed by atoms with Crippen molar-refractivity contribution < 1.29 is 24.3 Å². The van der Waals surface area contributed by atoms with Gasteiger partial charge in [-0.15, -0.1) is 5.06 Å². The van der Waals surface area contributed by atoms with Gasteiger partial charge in [0.25, 0.3) is 11.8 Å². The Balaban J connectivity index is 2.11. The van der Waals surface area contributed by atoms with E-state index in [1.54, 1.807) is 12.1 Å². The zero-order chi connectivity index (χ0) is 12.4. The fourth-order valence-corrected chi connectivity index (χ4v) is 1.51. The third kappa shape index (κ3) is 2.02. The number of carboxylic acids is 1. The van der Waals surface area contributed by atoms with Gasteiger partial charge in [0, 0.05) is 0 Å². The number of rotatable bonds is 4. The number of nitrogens with zero attached hydrogens (tertiary/aromatic N) is 1. The minimum atomic E-state index is -1.05. The molecule has 1 aliphatic heterocycles. The lowest BCUT2D eigenvalue weighted by Gasteiger charge is -2.11. The number of hydroxylamine groups is 2. The average Bonchev–Trinajstić information content (AvgIpc) is 2.54. The van der Waals surface area contributed by atoms with Crippen LogP contribution in [0.1, 0.15) is 27.1 Å². The second kappa shape index (κ2) is 4.34. The van der Waals surface area contributed by atoms with Crippen LogP contribution in [-0.2, 0) is 9.63 Å². The Morgan fingerprint density at radius 2 is 1.71 bits per heavy atom. The zero-order valence-corrected chi connectivity index (χ0v) is 8.75. The summed E-state index contributed by atoms with van der Waals surface area (Å²) >= 11 is 0. The molecule has 0 spiro atoms. The predicted molar refractivity (Wildman–Crippen MR) is 55.1 cm³/mol. The van der Waals surface area contributed by atoms with Gasteiger partial charge in [0.2, 0.25) is 0 Å². The number of aliphatic carboxylic acids is 1. The van der Waals surface area contributed by atoms with E-state index in [2.05, 4.69) is 0 Å². The molecule has 1 aliphatic rings. The van der Waals surface area contributed by atoms with E-state index in [9.17, 15) is 14.4 Å². The number of hydrogen-bond acceptors (Lipinski definition) is 4. The van der Waals surface area contributed by atoms with Crippen LogP contribution in [-0.4, -0.2) is 34.6 Å². The first kappa shape index (κ1) is 11.3. The van der Waals surface area contributed by atoms with Crippen molar-refractivity contribution in [3.8, 4) is 0 Å². The van der Waals surface area contributed by atoms with Gasteiger partial charge in [-0.1, -0.05) is 12.1 Å². The summed E-state index contributed by atoms with van der Waals surface area (Å²) in [5, 5.41) is 9.03. The maximum atomic E-state index is 11.7. The number of carbonyl (C=O) groups is 3. The molecule has 6 nitrogen and oxygen atoms in total. The fourth-order valence-electron chi connectivity index (χ4n) is 1.51. The van der Waals surface area contributed by atoms with Crippen molar-refractivity contribution >= 4 is 17.8 Å². The Morgan fingerprint density at radius 1 is 1.18 bits per heavy atom. The Hall–Kier alpha value is -2.21. The summed E-state index contributed by atoms with van der Waals surface area (Å²) in [5.41, 5.74) is 0.542.